The maximum Gasteiger partial charge on any atom is 0.340 e. The Kier molecular flexibility index (Phi) is 13.4. The van der Waals surface area contributed by atoms with Gasteiger partial charge in [-0.15, -0.1) is 0 Å². The van der Waals surface area contributed by atoms with Crippen LogP contribution in [0.1, 0.15) is 88.5 Å². The van der Waals surface area contributed by atoms with E-state index in [-0.39, 0.29) is 54.5 Å². The van der Waals surface area contributed by atoms with Gasteiger partial charge in [-0.1, -0.05) is 95.3 Å². The predicted molar refractivity (Wildman–Crippen MR) is 185 cm³/mol. The van der Waals surface area contributed by atoms with Crippen LogP contribution in [0.25, 0.3) is 0 Å². The number of Topliss-reactive ketones (excluding diaryl/α,β-unsaturated/α-hetero) is 1. The minimum atomic E-state index is -3.50. The van der Waals surface area contributed by atoms with E-state index in [0.717, 1.165) is 6.42 Å². The third kappa shape index (κ3) is 9.04. The summed E-state index contributed by atoms with van der Waals surface area (Å²) < 4.78 is 44.2. The van der Waals surface area contributed by atoms with Gasteiger partial charge >= 0.3 is 7.60 Å². The van der Waals surface area contributed by atoms with E-state index in [2.05, 4.69) is 95.3 Å². The van der Waals surface area contributed by atoms with Crippen molar-refractivity contribution in [2.45, 2.75) is 117 Å². The molecule has 9 heteroatoms. The predicted octanol–water partition coefficient (Wildman–Crippen LogP) is 7.75. The van der Waals surface area contributed by atoms with E-state index in [0.29, 0.717) is 13.0 Å². The number of ether oxygens (including phenoxy) is 2. The van der Waals surface area contributed by atoms with Crippen LogP contribution in [0.2, 0.25) is 5.04 Å². The number of carbonyl (C=O) groups is 1. The first-order valence-corrected chi connectivity index (χ1v) is 20.2. The normalized spacial score (nSPS) is 22.1. The lowest BCUT2D eigenvalue weighted by Gasteiger charge is -2.48. The summed E-state index contributed by atoms with van der Waals surface area (Å²) in [6.45, 7) is 21.3. The lowest BCUT2D eigenvalue weighted by molar-refractivity contribution is -0.328. The fourth-order valence-electron chi connectivity index (χ4n) is 6.73. The molecular weight excluding hydrogens is 603 g/mol. The maximum atomic E-state index is 13.2. The van der Waals surface area contributed by atoms with Crippen molar-refractivity contribution in [1.82, 2.24) is 0 Å². The van der Waals surface area contributed by atoms with Crippen LogP contribution in [0.15, 0.2) is 60.7 Å². The highest BCUT2D eigenvalue weighted by atomic mass is 31.2. The van der Waals surface area contributed by atoms with Gasteiger partial charge in [-0.05, 0) is 68.8 Å². The molecule has 5 atom stereocenters. The largest absolute Gasteiger partial charge is 0.407 e. The Balaban J connectivity index is 1.75. The Morgan fingerprint density at radius 1 is 0.933 bits per heavy atom. The quantitative estimate of drug-likeness (QED) is 0.135. The second kappa shape index (κ2) is 16.0. The highest BCUT2D eigenvalue weighted by Crippen LogP contribution is 2.53. The number of hydrogen-bond acceptors (Lipinski definition) is 7. The number of carbonyl (C=O) groups excluding carboxylic acids is 1. The van der Waals surface area contributed by atoms with Crippen molar-refractivity contribution >= 4 is 32.1 Å². The van der Waals surface area contributed by atoms with Crippen molar-refractivity contribution in [3.63, 3.8) is 0 Å². The van der Waals surface area contributed by atoms with Crippen molar-refractivity contribution in [3.8, 4) is 0 Å². The summed E-state index contributed by atoms with van der Waals surface area (Å²) in [5.74, 6) is -0.717. The summed E-state index contributed by atoms with van der Waals surface area (Å²) in [5.41, 5.74) is -0.805. The van der Waals surface area contributed by atoms with Crippen LogP contribution in [0.4, 0.5) is 0 Å². The standard InChI is InChI=1S/C36H57O7PSi/c1-11-39-44(38,40-12-2)29(5)32(37)24-23-27(3)34-28(4)33(42-36(9,10)43-34)25-26-41-45(35(6,7)8,30-19-15-13-16-20-30)31-21-17-14-18-22-31/h13-22,27-29,33-34H,11-12,23-26H2,1-10H3/t27-,28-,29?,33-,34-/m1/s1. The molecule has 1 aliphatic rings. The van der Waals surface area contributed by atoms with Crippen LogP contribution in [-0.2, 0) is 32.3 Å². The molecule has 252 valence electrons. The Morgan fingerprint density at radius 3 is 1.91 bits per heavy atom. The van der Waals surface area contributed by atoms with Gasteiger partial charge in [0.05, 0.1) is 25.4 Å². The fourth-order valence-corrected chi connectivity index (χ4v) is 13.0. The molecule has 2 aromatic rings. The number of ketones is 1. The van der Waals surface area contributed by atoms with Gasteiger partial charge in [0.2, 0.25) is 0 Å². The molecule has 0 bridgehead atoms. The molecule has 45 heavy (non-hydrogen) atoms. The van der Waals surface area contributed by atoms with Crippen molar-refractivity contribution in [1.29, 1.82) is 0 Å². The van der Waals surface area contributed by atoms with E-state index in [1.54, 1.807) is 20.8 Å². The Labute approximate surface area is 273 Å². The molecule has 0 amide bonds. The summed E-state index contributed by atoms with van der Waals surface area (Å²) in [6, 6.07) is 21.4. The second-order valence-electron chi connectivity index (χ2n) is 13.8. The molecule has 0 saturated carbocycles. The van der Waals surface area contributed by atoms with Crippen molar-refractivity contribution in [3.05, 3.63) is 60.7 Å². The minimum absolute atomic E-state index is 0.0785. The molecule has 1 saturated heterocycles. The molecule has 0 radical (unpaired) electrons. The third-order valence-electron chi connectivity index (χ3n) is 9.06. The molecular formula is C36H57O7PSi. The molecule has 0 aromatic heterocycles. The SMILES string of the molecule is CCOP(=O)(OCC)C(C)C(=O)CC[C@@H](C)[C@H]1OC(C)(C)O[C@H](CCO[Si](c2ccccc2)(c2ccccc2)C(C)(C)C)[C@H]1C. The molecule has 1 unspecified atom stereocenters. The number of hydrogen-bond donors (Lipinski definition) is 0. The van der Waals surface area contributed by atoms with Gasteiger partial charge < -0.3 is 22.9 Å². The fraction of sp³-hybridized carbons (Fsp3) is 0.639. The zero-order chi connectivity index (χ0) is 33.5. The molecule has 7 nitrogen and oxygen atoms in total. The van der Waals surface area contributed by atoms with E-state index in [1.807, 2.05) is 13.8 Å². The molecule has 1 heterocycles. The van der Waals surface area contributed by atoms with Gasteiger partial charge in [0.1, 0.15) is 11.4 Å². The van der Waals surface area contributed by atoms with Crippen LogP contribution >= 0.6 is 7.60 Å². The first-order chi connectivity index (χ1) is 21.1. The summed E-state index contributed by atoms with van der Waals surface area (Å²) >= 11 is 0. The van der Waals surface area contributed by atoms with Gasteiger partial charge in [-0.2, -0.15) is 0 Å². The van der Waals surface area contributed by atoms with Gasteiger partial charge in [0.25, 0.3) is 8.32 Å². The molecule has 0 spiro atoms. The number of benzene rings is 2. The summed E-state index contributed by atoms with van der Waals surface area (Å²) in [6.07, 6.45) is 1.43. The van der Waals surface area contributed by atoms with Gasteiger partial charge in [0, 0.05) is 18.9 Å². The van der Waals surface area contributed by atoms with Gasteiger partial charge in [-0.25, -0.2) is 0 Å². The smallest absolute Gasteiger partial charge is 0.340 e. The Hall–Kier alpha value is -1.64. The monoisotopic (exact) mass is 660 g/mol. The van der Waals surface area contributed by atoms with Crippen molar-refractivity contribution < 1.29 is 32.3 Å². The average molecular weight is 661 g/mol. The zero-order valence-electron chi connectivity index (χ0n) is 29.2. The van der Waals surface area contributed by atoms with E-state index in [1.165, 1.54) is 10.4 Å². The highest BCUT2D eigenvalue weighted by molar-refractivity contribution is 7.55. The molecule has 0 N–H and O–H groups in total. The van der Waals surface area contributed by atoms with Crippen LogP contribution in [-0.4, -0.2) is 57.6 Å². The first kappa shape index (κ1) is 37.8. The van der Waals surface area contributed by atoms with E-state index in [4.69, 9.17) is 22.9 Å². The third-order valence-corrected chi connectivity index (χ3v) is 16.6. The van der Waals surface area contributed by atoms with Gasteiger partial charge in [-0.3, -0.25) is 9.36 Å². The molecule has 1 fully saturated rings. The zero-order valence-corrected chi connectivity index (χ0v) is 31.1. The van der Waals surface area contributed by atoms with Crippen molar-refractivity contribution in [2.75, 3.05) is 19.8 Å². The lowest BCUT2D eigenvalue weighted by atomic mass is 9.83. The Morgan fingerprint density at radius 2 is 1.44 bits per heavy atom. The first-order valence-electron chi connectivity index (χ1n) is 16.6. The Bertz CT molecular complexity index is 1200. The summed E-state index contributed by atoms with van der Waals surface area (Å²) in [7, 11) is -6.16. The lowest BCUT2D eigenvalue weighted by Crippen LogP contribution is -2.66. The van der Waals surface area contributed by atoms with Crippen LogP contribution < -0.4 is 10.4 Å². The van der Waals surface area contributed by atoms with Crippen molar-refractivity contribution in [2.24, 2.45) is 11.8 Å². The maximum absolute atomic E-state index is 13.2. The molecule has 3 rings (SSSR count). The molecule has 2 aromatic carbocycles. The van der Waals surface area contributed by atoms with Gasteiger partial charge in [0.15, 0.2) is 5.79 Å². The summed E-state index contributed by atoms with van der Waals surface area (Å²) in [4.78, 5) is 13.1. The highest BCUT2D eigenvalue weighted by Gasteiger charge is 2.51. The van der Waals surface area contributed by atoms with Crippen LogP contribution in [0.5, 0.6) is 0 Å². The topological polar surface area (TPSA) is 80.3 Å². The van der Waals surface area contributed by atoms with E-state index in [9.17, 15) is 9.36 Å². The second-order valence-corrected chi connectivity index (χ2v) is 20.5. The van der Waals surface area contributed by atoms with E-state index < -0.39 is 27.4 Å². The van der Waals surface area contributed by atoms with Crippen LogP contribution in [0.3, 0.4) is 0 Å². The summed E-state index contributed by atoms with van der Waals surface area (Å²) in [5, 5.41) is 2.41. The molecule has 1 aliphatic heterocycles. The van der Waals surface area contributed by atoms with Crippen LogP contribution in [0, 0.1) is 11.8 Å². The number of rotatable bonds is 16. The average Bonchev–Trinajstić information content (AvgIpc) is 2.99. The van der Waals surface area contributed by atoms with E-state index >= 15 is 0 Å². The minimum Gasteiger partial charge on any atom is -0.407 e. The molecule has 0 aliphatic carbocycles.